The maximum Gasteiger partial charge on any atom is 0.264 e. The van der Waals surface area contributed by atoms with E-state index in [1.54, 1.807) is 19.1 Å². The van der Waals surface area contributed by atoms with Crippen molar-refractivity contribution in [3.63, 3.8) is 0 Å². The molecular weight excluding hydrogens is 557 g/mol. The number of rotatable bonds is 11. The van der Waals surface area contributed by atoms with Crippen LogP contribution in [0, 0.1) is 12.8 Å². The predicted octanol–water partition coefficient (Wildman–Crippen LogP) is 5.69. The topological polar surface area (TPSA) is 86.8 Å². The third-order valence-corrected chi connectivity index (χ3v) is 8.65. The third kappa shape index (κ3) is 7.97. The first-order valence-corrected chi connectivity index (χ1v) is 14.7. The lowest BCUT2D eigenvalue weighted by Gasteiger charge is -2.32. The molecule has 0 fully saturated rings. The van der Waals surface area contributed by atoms with Crippen LogP contribution in [0.3, 0.4) is 0 Å². The Morgan fingerprint density at radius 1 is 0.897 bits per heavy atom. The minimum Gasteiger partial charge on any atom is -0.354 e. The van der Waals surface area contributed by atoms with Gasteiger partial charge in [-0.2, -0.15) is 0 Å². The fourth-order valence-corrected chi connectivity index (χ4v) is 5.52. The molecule has 0 heterocycles. The molecule has 7 nitrogen and oxygen atoms in total. The molecule has 0 saturated heterocycles. The van der Waals surface area contributed by atoms with Crippen molar-refractivity contribution in [3.8, 4) is 0 Å². The number of halogens is 2. The molecule has 3 aromatic carbocycles. The third-order valence-electron chi connectivity index (χ3n) is 6.13. The van der Waals surface area contributed by atoms with Crippen molar-refractivity contribution in [3.05, 3.63) is 94.0 Å². The van der Waals surface area contributed by atoms with Crippen LogP contribution in [0.25, 0.3) is 0 Å². The molecule has 3 rings (SSSR count). The molecule has 0 aromatic heterocycles. The van der Waals surface area contributed by atoms with E-state index in [4.69, 9.17) is 23.2 Å². The summed E-state index contributed by atoms with van der Waals surface area (Å²) in [5, 5.41) is 3.26. The van der Waals surface area contributed by atoms with Gasteiger partial charge >= 0.3 is 0 Å². The Kier molecular flexibility index (Phi) is 10.4. The average Bonchev–Trinajstić information content (AvgIpc) is 2.90. The molecule has 0 radical (unpaired) electrons. The number of nitrogens with one attached hydrogen (secondary N) is 1. The van der Waals surface area contributed by atoms with Gasteiger partial charge in [-0.1, -0.05) is 85.1 Å². The monoisotopic (exact) mass is 589 g/mol. The Morgan fingerprint density at radius 2 is 1.54 bits per heavy atom. The highest BCUT2D eigenvalue weighted by atomic mass is 35.5. The molecule has 2 amide bonds. The maximum atomic E-state index is 13.9. The average molecular weight is 591 g/mol. The Labute approximate surface area is 240 Å². The molecule has 1 N–H and O–H groups in total. The molecule has 208 valence electrons. The van der Waals surface area contributed by atoms with Crippen LogP contribution in [-0.4, -0.2) is 44.3 Å². The fraction of sp³-hybridized carbons (Fsp3) is 0.310. The number of hydrogen-bond acceptors (Lipinski definition) is 4. The highest BCUT2D eigenvalue weighted by Crippen LogP contribution is 2.31. The summed E-state index contributed by atoms with van der Waals surface area (Å²) in [6.07, 6.45) is 0. The predicted molar refractivity (Wildman–Crippen MR) is 156 cm³/mol. The van der Waals surface area contributed by atoms with Crippen LogP contribution in [0.5, 0.6) is 0 Å². The van der Waals surface area contributed by atoms with E-state index in [0.717, 1.165) is 15.4 Å². The normalized spacial score (nSPS) is 12.2. The highest BCUT2D eigenvalue weighted by Gasteiger charge is 2.32. The molecule has 3 aromatic rings. The molecule has 0 unspecified atom stereocenters. The van der Waals surface area contributed by atoms with Crippen molar-refractivity contribution in [1.82, 2.24) is 10.2 Å². The first-order chi connectivity index (χ1) is 18.4. The van der Waals surface area contributed by atoms with Crippen LogP contribution in [0.4, 0.5) is 5.69 Å². The SMILES string of the molecule is Cc1ccc(S(=O)(=O)N(CC(=O)N(Cc2ccccc2)[C@H](C)C(=O)NCC(C)C)c2ccc(Cl)c(Cl)c2)cc1. The van der Waals surface area contributed by atoms with Gasteiger partial charge < -0.3 is 10.2 Å². The van der Waals surface area contributed by atoms with Gasteiger partial charge in [-0.3, -0.25) is 13.9 Å². The van der Waals surface area contributed by atoms with Crippen LogP contribution in [-0.2, 0) is 26.2 Å². The van der Waals surface area contributed by atoms with Crippen molar-refractivity contribution < 1.29 is 18.0 Å². The largest absolute Gasteiger partial charge is 0.354 e. The van der Waals surface area contributed by atoms with E-state index < -0.39 is 28.5 Å². The van der Waals surface area contributed by atoms with Gasteiger partial charge in [0, 0.05) is 13.1 Å². The van der Waals surface area contributed by atoms with Crippen LogP contribution >= 0.6 is 23.2 Å². The van der Waals surface area contributed by atoms with E-state index in [1.807, 2.05) is 51.1 Å². The van der Waals surface area contributed by atoms with Crippen LogP contribution in [0.1, 0.15) is 31.9 Å². The molecule has 0 aliphatic carbocycles. The van der Waals surface area contributed by atoms with Crippen LogP contribution in [0.15, 0.2) is 77.7 Å². The van der Waals surface area contributed by atoms with Gasteiger partial charge in [-0.05, 0) is 55.7 Å². The van der Waals surface area contributed by atoms with E-state index in [0.29, 0.717) is 6.54 Å². The van der Waals surface area contributed by atoms with E-state index in [9.17, 15) is 18.0 Å². The number of sulfonamides is 1. The second-order valence-corrected chi connectivity index (χ2v) is 12.4. The molecule has 0 aliphatic rings. The number of hydrogen-bond donors (Lipinski definition) is 1. The van der Waals surface area contributed by atoms with Gasteiger partial charge in [0.2, 0.25) is 11.8 Å². The Balaban J connectivity index is 2.02. The molecule has 0 aliphatic heterocycles. The molecule has 1 atom stereocenters. The second kappa shape index (κ2) is 13.3. The number of nitrogens with zero attached hydrogens (tertiary/aromatic N) is 2. The van der Waals surface area contributed by atoms with Crippen molar-refractivity contribution in [2.24, 2.45) is 5.92 Å². The number of benzene rings is 3. The molecule has 0 saturated carbocycles. The van der Waals surface area contributed by atoms with Crippen LogP contribution in [0.2, 0.25) is 10.0 Å². The molecule has 0 bridgehead atoms. The van der Waals surface area contributed by atoms with Gasteiger partial charge in [0.25, 0.3) is 10.0 Å². The van der Waals surface area contributed by atoms with Gasteiger partial charge in [0.05, 0.1) is 20.6 Å². The fourth-order valence-electron chi connectivity index (χ4n) is 3.82. The zero-order valence-electron chi connectivity index (χ0n) is 22.4. The maximum absolute atomic E-state index is 13.9. The summed E-state index contributed by atoms with van der Waals surface area (Å²) < 4.78 is 28.7. The van der Waals surface area contributed by atoms with Gasteiger partial charge in [-0.15, -0.1) is 0 Å². The van der Waals surface area contributed by atoms with Gasteiger partial charge in [0.1, 0.15) is 12.6 Å². The van der Waals surface area contributed by atoms with Crippen molar-refractivity contribution in [2.45, 2.75) is 45.2 Å². The van der Waals surface area contributed by atoms with E-state index in [1.165, 1.54) is 35.2 Å². The lowest BCUT2D eigenvalue weighted by Crippen LogP contribution is -2.51. The molecular formula is C29H33Cl2N3O4S. The minimum atomic E-state index is -4.19. The summed E-state index contributed by atoms with van der Waals surface area (Å²) >= 11 is 12.3. The molecule has 39 heavy (non-hydrogen) atoms. The summed E-state index contributed by atoms with van der Waals surface area (Å²) in [5.41, 5.74) is 1.87. The summed E-state index contributed by atoms with van der Waals surface area (Å²) in [6, 6.07) is 19.1. The number of amides is 2. The van der Waals surface area contributed by atoms with Gasteiger partial charge in [-0.25, -0.2) is 8.42 Å². The summed E-state index contributed by atoms with van der Waals surface area (Å²) in [7, 11) is -4.19. The number of carbonyl (C=O) groups is 2. The highest BCUT2D eigenvalue weighted by molar-refractivity contribution is 7.92. The van der Waals surface area contributed by atoms with Gasteiger partial charge in [0.15, 0.2) is 0 Å². The lowest BCUT2D eigenvalue weighted by atomic mass is 10.1. The first kappa shape index (κ1) is 30.5. The van der Waals surface area contributed by atoms with Crippen molar-refractivity contribution in [2.75, 3.05) is 17.4 Å². The number of aryl methyl sites for hydroxylation is 1. The Hall–Kier alpha value is -3.07. The van der Waals surface area contributed by atoms with Crippen molar-refractivity contribution >= 4 is 50.7 Å². The molecule has 0 spiro atoms. The standard InChI is InChI=1S/C29H33Cl2N3O4S/c1-20(2)17-32-29(36)22(4)33(18-23-8-6-5-7-9-23)28(35)19-34(24-12-15-26(30)27(31)16-24)39(37,38)25-13-10-21(3)11-14-25/h5-16,20,22H,17-19H2,1-4H3,(H,32,36)/t22-/m1/s1. The zero-order chi connectivity index (χ0) is 28.7. The van der Waals surface area contributed by atoms with Crippen LogP contribution < -0.4 is 9.62 Å². The number of carbonyl (C=O) groups excluding carboxylic acids is 2. The lowest BCUT2D eigenvalue weighted by molar-refractivity contribution is -0.139. The quantitative estimate of drug-likeness (QED) is 0.311. The summed E-state index contributed by atoms with van der Waals surface area (Å²) in [6.45, 7) is 7.45. The zero-order valence-corrected chi connectivity index (χ0v) is 24.7. The second-order valence-electron chi connectivity index (χ2n) is 9.75. The summed E-state index contributed by atoms with van der Waals surface area (Å²) in [5.74, 6) is -0.646. The summed E-state index contributed by atoms with van der Waals surface area (Å²) in [4.78, 5) is 28.3. The number of anilines is 1. The van der Waals surface area contributed by atoms with E-state index >= 15 is 0 Å². The first-order valence-electron chi connectivity index (χ1n) is 12.6. The van der Waals surface area contributed by atoms with Crippen molar-refractivity contribution in [1.29, 1.82) is 0 Å². The Morgan fingerprint density at radius 3 is 2.13 bits per heavy atom. The smallest absolute Gasteiger partial charge is 0.264 e. The molecule has 10 heteroatoms. The van der Waals surface area contributed by atoms with E-state index in [-0.39, 0.29) is 39.0 Å². The Bertz CT molecular complexity index is 1400. The van der Waals surface area contributed by atoms with E-state index in [2.05, 4.69) is 5.32 Å². The minimum absolute atomic E-state index is 0.0179.